The van der Waals surface area contributed by atoms with Gasteiger partial charge in [0.15, 0.2) is 5.69 Å². The summed E-state index contributed by atoms with van der Waals surface area (Å²) in [5.74, 6) is -1.14. The van der Waals surface area contributed by atoms with Crippen LogP contribution in [0.5, 0.6) is 0 Å². The minimum absolute atomic E-state index is 0.0338. The molecule has 1 N–H and O–H groups in total. The average Bonchev–Trinajstić information content (AvgIpc) is 2.88. The lowest BCUT2D eigenvalue weighted by Crippen LogP contribution is -2.51. The Morgan fingerprint density at radius 3 is 2.86 bits per heavy atom. The SMILES string of the molecule is CN(CCC#N)C(=O)CN1CC(n2cc(C(=O)O)nn2)C1. The summed E-state index contributed by atoms with van der Waals surface area (Å²) in [6, 6.07) is 2.05. The molecule has 0 aliphatic carbocycles. The number of amides is 1. The van der Waals surface area contributed by atoms with Crippen LogP contribution >= 0.6 is 0 Å². The maximum absolute atomic E-state index is 11.9. The van der Waals surface area contributed by atoms with Gasteiger partial charge in [-0.3, -0.25) is 9.69 Å². The molecule has 1 aliphatic heterocycles. The molecule has 112 valence electrons. The molecule has 0 spiro atoms. The van der Waals surface area contributed by atoms with E-state index in [9.17, 15) is 9.59 Å². The van der Waals surface area contributed by atoms with Crippen LogP contribution in [0.3, 0.4) is 0 Å². The fourth-order valence-corrected chi connectivity index (χ4v) is 2.05. The van der Waals surface area contributed by atoms with E-state index in [1.807, 2.05) is 11.0 Å². The van der Waals surface area contributed by atoms with Crippen molar-refractivity contribution in [3.8, 4) is 6.07 Å². The number of nitriles is 1. The number of carbonyl (C=O) groups excluding carboxylic acids is 1. The van der Waals surface area contributed by atoms with Crippen molar-refractivity contribution in [2.24, 2.45) is 0 Å². The minimum atomic E-state index is -1.10. The Hall–Kier alpha value is -2.47. The van der Waals surface area contributed by atoms with Gasteiger partial charge in [0.1, 0.15) is 0 Å². The van der Waals surface area contributed by atoms with Crippen molar-refractivity contribution in [1.29, 1.82) is 5.26 Å². The van der Waals surface area contributed by atoms with Crippen LogP contribution in [-0.4, -0.2) is 75.0 Å². The van der Waals surface area contributed by atoms with Crippen LogP contribution in [0.25, 0.3) is 0 Å². The first-order chi connectivity index (χ1) is 10.0. The summed E-state index contributed by atoms with van der Waals surface area (Å²) in [4.78, 5) is 26.0. The Bertz CT molecular complexity index is 572. The molecule has 0 atom stereocenters. The van der Waals surface area contributed by atoms with Gasteiger partial charge in [-0.25, -0.2) is 9.48 Å². The van der Waals surface area contributed by atoms with E-state index in [2.05, 4.69) is 10.3 Å². The highest BCUT2D eigenvalue weighted by molar-refractivity contribution is 5.84. The number of likely N-dealkylation sites (N-methyl/N-ethyl adjacent to an activating group) is 1. The molecular weight excluding hydrogens is 276 g/mol. The van der Waals surface area contributed by atoms with E-state index >= 15 is 0 Å². The zero-order valence-corrected chi connectivity index (χ0v) is 11.6. The topological polar surface area (TPSA) is 115 Å². The Morgan fingerprint density at radius 2 is 2.29 bits per heavy atom. The quantitative estimate of drug-likeness (QED) is 0.730. The van der Waals surface area contributed by atoms with E-state index in [4.69, 9.17) is 10.4 Å². The van der Waals surface area contributed by atoms with Gasteiger partial charge in [-0.15, -0.1) is 5.10 Å². The largest absolute Gasteiger partial charge is 0.476 e. The molecule has 0 saturated carbocycles. The highest BCUT2D eigenvalue weighted by Gasteiger charge is 2.31. The molecule has 1 fully saturated rings. The van der Waals surface area contributed by atoms with Crippen LogP contribution in [0.4, 0.5) is 0 Å². The molecule has 9 nitrogen and oxygen atoms in total. The molecule has 2 heterocycles. The summed E-state index contributed by atoms with van der Waals surface area (Å²) >= 11 is 0. The standard InChI is InChI=1S/C12H16N6O3/c1-16(4-2-3-13)11(19)8-17-5-9(6-17)18-7-10(12(20)21)14-15-18/h7,9H,2,4-6,8H2,1H3,(H,20,21). The molecule has 2 rings (SSSR count). The predicted octanol–water partition coefficient (Wildman–Crippen LogP) is -0.795. The third-order valence-electron chi connectivity index (χ3n) is 3.39. The Kier molecular flexibility index (Phi) is 4.49. The fraction of sp³-hybridized carbons (Fsp3) is 0.583. The maximum Gasteiger partial charge on any atom is 0.358 e. The van der Waals surface area contributed by atoms with Crippen molar-refractivity contribution in [3.05, 3.63) is 11.9 Å². The van der Waals surface area contributed by atoms with Crippen LogP contribution in [0, 0.1) is 11.3 Å². The van der Waals surface area contributed by atoms with Crippen LogP contribution in [0.2, 0.25) is 0 Å². The zero-order chi connectivity index (χ0) is 15.4. The summed E-state index contributed by atoms with van der Waals surface area (Å²) in [5.41, 5.74) is -0.0826. The molecule has 1 aromatic rings. The number of carboxylic acid groups (broad SMARTS) is 1. The van der Waals surface area contributed by atoms with Crippen LogP contribution in [0.1, 0.15) is 23.0 Å². The molecule has 21 heavy (non-hydrogen) atoms. The first kappa shape index (κ1) is 14.9. The van der Waals surface area contributed by atoms with Gasteiger partial charge in [0.25, 0.3) is 0 Å². The summed E-state index contributed by atoms with van der Waals surface area (Å²) < 4.78 is 1.52. The third-order valence-corrected chi connectivity index (χ3v) is 3.39. The van der Waals surface area contributed by atoms with E-state index in [0.717, 1.165) is 0 Å². The fourth-order valence-electron chi connectivity index (χ4n) is 2.05. The van der Waals surface area contributed by atoms with Crippen LogP contribution in [-0.2, 0) is 4.79 Å². The smallest absolute Gasteiger partial charge is 0.358 e. The number of aromatic carboxylic acids is 1. The number of aromatic nitrogens is 3. The van der Waals surface area contributed by atoms with Crippen molar-refractivity contribution in [2.75, 3.05) is 33.2 Å². The normalized spacial score (nSPS) is 15.2. The Labute approximate surface area is 121 Å². The summed E-state index contributed by atoms with van der Waals surface area (Å²) in [6.07, 6.45) is 1.72. The first-order valence-electron chi connectivity index (χ1n) is 6.49. The number of likely N-dealkylation sites (tertiary alicyclic amines) is 1. The zero-order valence-electron chi connectivity index (χ0n) is 11.6. The van der Waals surface area contributed by atoms with Gasteiger partial charge >= 0.3 is 5.97 Å². The number of nitrogens with zero attached hydrogens (tertiary/aromatic N) is 6. The van der Waals surface area contributed by atoms with Crippen LogP contribution < -0.4 is 0 Å². The Balaban J connectivity index is 1.77. The van der Waals surface area contributed by atoms with Crippen molar-refractivity contribution >= 4 is 11.9 Å². The number of carbonyl (C=O) groups is 2. The predicted molar refractivity (Wildman–Crippen MR) is 70.3 cm³/mol. The van der Waals surface area contributed by atoms with Gasteiger partial charge < -0.3 is 10.0 Å². The van der Waals surface area contributed by atoms with Crippen molar-refractivity contribution in [2.45, 2.75) is 12.5 Å². The van der Waals surface area contributed by atoms with Gasteiger partial charge in [-0.05, 0) is 0 Å². The number of hydrogen-bond acceptors (Lipinski definition) is 6. The van der Waals surface area contributed by atoms with Gasteiger partial charge in [0, 0.05) is 26.7 Å². The van der Waals surface area contributed by atoms with Gasteiger partial charge in [-0.2, -0.15) is 5.26 Å². The van der Waals surface area contributed by atoms with E-state index in [1.165, 1.54) is 15.8 Å². The van der Waals surface area contributed by atoms with E-state index in [0.29, 0.717) is 32.6 Å². The maximum atomic E-state index is 11.9. The molecule has 0 radical (unpaired) electrons. The monoisotopic (exact) mass is 292 g/mol. The second-order valence-corrected chi connectivity index (χ2v) is 4.96. The summed E-state index contributed by atoms with van der Waals surface area (Å²) in [5, 5.41) is 24.6. The lowest BCUT2D eigenvalue weighted by atomic mass is 10.1. The highest BCUT2D eigenvalue weighted by Crippen LogP contribution is 2.20. The number of carboxylic acids is 1. The number of hydrogen-bond donors (Lipinski definition) is 1. The van der Waals surface area contributed by atoms with Crippen LogP contribution in [0.15, 0.2) is 6.20 Å². The second kappa shape index (κ2) is 6.32. The van der Waals surface area contributed by atoms with Gasteiger partial charge in [0.05, 0.1) is 31.3 Å². The third kappa shape index (κ3) is 3.55. The van der Waals surface area contributed by atoms with E-state index in [1.54, 1.807) is 7.05 Å². The molecule has 0 bridgehead atoms. The second-order valence-electron chi connectivity index (χ2n) is 4.96. The molecule has 1 amide bonds. The minimum Gasteiger partial charge on any atom is -0.476 e. The van der Waals surface area contributed by atoms with Crippen molar-refractivity contribution in [3.63, 3.8) is 0 Å². The lowest BCUT2D eigenvalue weighted by molar-refractivity contribution is -0.132. The molecule has 1 aromatic heterocycles. The summed E-state index contributed by atoms with van der Waals surface area (Å²) in [6.45, 7) is 1.97. The van der Waals surface area contributed by atoms with Crippen molar-refractivity contribution in [1.82, 2.24) is 24.8 Å². The molecular formula is C12H16N6O3. The average molecular weight is 292 g/mol. The molecule has 0 unspecified atom stereocenters. The number of rotatable bonds is 6. The van der Waals surface area contributed by atoms with E-state index in [-0.39, 0.29) is 17.6 Å². The molecule has 0 aromatic carbocycles. The Morgan fingerprint density at radius 1 is 1.57 bits per heavy atom. The molecule has 1 aliphatic rings. The van der Waals surface area contributed by atoms with E-state index < -0.39 is 5.97 Å². The lowest BCUT2D eigenvalue weighted by Gasteiger charge is -2.38. The summed E-state index contributed by atoms with van der Waals surface area (Å²) in [7, 11) is 1.67. The first-order valence-corrected chi connectivity index (χ1v) is 6.49. The van der Waals surface area contributed by atoms with Crippen molar-refractivity contribution < 1.29 is 14.7 Å². The van der Waals surface area contributed by atoms with Gasteiger partial charge in [-0.1, -0.05) is 5.21 Å². The van der Waals surface area contributed by atoms with Gasteiger partial charge in [0.2, 0.25) is 5.91 Å². The molecule has 1 saturated heterocycles. The molecule has 9 heteroatoms. The highest BCUT2D eigenvalue weighted by atomic mass is 16.4.